The molecular formula is C18H24ClN3O3S2. The summed E-state index contributed by atoms with van der Waals surface area (Å²) in [5.74, 6) is 0.573. The van der Waals surface area contributed by atoms with Gasteiger partial charge < -0.3 is 15.7 Å². The van der Waals surface area contributed by atoms with Crippen molar-refractivity contribution in [2.75, 3.05) is 19.3 Å². The third-order valence-electron chi connectivity index (χ3n) is 3.79. The molecule has 0 fully saturated rings. The van der Waals surface area contributed by atoms with Crippen LogP contribution in [0.1, 0.15) is 29.0 Å². The number of nitrogens with zero attached hydrogens (tertiary/aromatic N) is 1. The Hall–Kier alpha value is -1.61. The van der Waals surface area contributed by atoms with Gasteiger partial charge in [0.05, 0.1) is 15.8 Å². The molecular weight excluding hydrogens is 406 g/mol. The van der Waals surface area contributed by atoms with Gasteiger partial charge in [0.1, 0.15) is 6.10 Å². The molecule has 3 N–H and O–H groups in total. The van der Waals surface area contributed by atoms with Crippen LogP contribution >= 0.6 is 22.9 Å². The van der Waals surface area contributed by atoms with Gasteiger partial charge >= 0.3 is 0 Å². The van der Waals surface area contributed by atoms with Crippen LogP contribution in [0.15, 0.2) is 40.2 Å². The van der Waals surface area contributed by atoms with Crippen molar-refractivity contribution in [1.82, 2.24) is 10.6 Å². The zero-order valence-electron chi connectivity index (χ0n) is 15.5. The molecule has 148 valence electrons. The first-order valence-corrected chi connectivity index (χ1v) is 11.5. The molecule has 1 unspecified atom stereocenters. The summed E-state index contributed by atoms with van der Waals surface area (Å²) < 4.78 is 24.0. The number of aliphatic hydroxyl groups is 1. The minimum atomic E-state index is -3.23. The van der Waals surface area contributed by atoms with Crippen LogP contribution in [0, 0.1) is 6.92 Å². The number of hydrogen-bond donors (Lipinski definition) is 3. The molecule has 0 saturated heterocycles. The largest absolute Gasteiger partial charge is 0.386 e. The van der Waals surface area contributed by atoms with E-state index in [-0.39, 0.29) is 0 Å². The number of benzene rings is 1. The summed E-state index contributed by atoms with van der Waals surface area (Å²) in [7, 11) is -3.23. The topological polar surface area (TPSA) is 90.8 Å². The number of thiophene rings is 1. The Morgan fingerprint density at radius 1 is 1.30 bits per heavy atom. The van der Waals surface area contributed by atoms with E-state index in [1.54, 1.807) is 31.2 Å². The molecule has 0 aliphatic rings. The van der Waals surface area contributed by atoms with Crippen LogP contribution in [-0.4, -0.2) is 38.8 Å². The number of aryl methyl sites for hydroxylation is 1. The molecule has 9 heteroatoms. The number of hydrogen-bond acceptors (Lipinski definition) is 5. The second-order valence-corrected chi connectivity index (χ2v) is 9.84. The molecule has 0 aliphatic heterocycles. The van der Waals surface area contributed by atoms with E-state index in [2.05, 4.69) is 15.6 Å². The lowest BCUT2D eigenvalue weighted by atomic mass is 10.1. The van der Waals surface area contributed by atoms with Gasteiger partial charge in [-0.15, -0.1) is 11.3 Å². The average molecular weight is 430 g/mol. The standard InChI is InChI=1S/C18H24ClN3O3S2/c1-4-20-18(22-11-14(23)15-6-8-17(19)26-15)21-10-13-5-7-16(12(2)9-13)27(3,24)25/h5-9,14,23H,4,10-11H2,1-3H3,(H2,20,21,22). The zero-order chi connectivity index (χ0) is 20.0. The van der Waals surface area contributed by atoms with Gasteiger partial charge in [0.2, 0.25) is 0 Å². The number of guanidine groups is 1. The van der Waals surface area contributed by atoms with Crippen LogP contribution < -0.4 is 10.6 Å². The smallest absolute Gasteiger partial charge is 0.191 e. The molecule has 1 aromatic carbocycles. The van der Waals surface area contributed by atoms with Crippen molar-refractivity contribution >= 4 is 38.7 Å². The van der Waals surface area contributed by atoms with Crippen LogP contribution in [0.2, 0.25) is 4.34 Å². The molecule has 0 radical (unpaired) electrons. The summed E-state index contributed by atoms with van der Waals surface area (Å²) in [6, 6.07) is 8.76. The Kier molecular flexibility index (Phi) is 7.67. The number of aliphatic imine (C=N–C) groups is 1. The lowest BCUT2D eigenvalue weighted by Gasteiger charge is -2.14. The Balaban J connectivity index is 2.03. The molecule has 2 aromatic rings. The number of rotatable bonds is 7. The third-order valence-corrected chi connectivity index (χ3v) is 6.38. The molecule has 1 atom stereocenters. The maximum Gasteiger partial charge on any atom is 0.191 e. The average Bonchev–Trinajstić information content (AvgIpc) is 3.02. The van der Waals surface area contributed by atoms with Gasteiger partial charge in [-0.2, -0.15) is 0 Å². The fraction of sp³-hybridized carbons (Fsp3) is 0.389. The summed E-state index contributed by atoms with van der Waals surface area (Å²) in [5, 5.41) is 16.5. The van der Waals surface area contributed by atoms with Crippen LogP contribution in [0.3, 0.4) is 0 Å². The summed E-state index contributed by atoms with van der Waals surface area (Å²) in [5.41, 5.74) is 1.61. The summed E-state index contributed by atoms with van der Waals surface area (Å²) in [6.45, 7) is 5.10. The number of halogens is 1. The van der Waals surface area contributed by atoms with E-state index in [0.717, 1.165) is 10.4 Å². The molecule has 0 amide bonds. The fourth-order valence-electron chi connectivity index (χ4n) is 2.54. The van der Waals surface area contributed by atoms with E-state index in [4.69, 9.17) is 11.6 Å². The maximum atomic E-state index is 11.7. The fourth-order valence-corrected chi connectivity index (χ4v) is 4.55. The lowest BCUT2D eigenvalue weighted by Crippen LogP contribution is -2.39. The highest BCUT2D eigenvalue weighted by atomic mass is 35.5. The SMILES string of the molecule is CCNC(=NCc1ccc(S(C)(=O)=O)c(C)c1)NCC(O)c1ccc(Cl)s1. The van der Waals surface area contributed by atoms with Crippen molar-refractivity contribution in [3.05, 3.63) is 50.7 Å². The lowest BCUT2D eigenvalue weighted by molar-refractivity contribution is 0.184. The van der Waals surface area contributed by atoms with Crippen molar-refractivity contribution in [2.24, 2.45) is 4.99 Å². The Bertz CT molecular complexity index is 910. The van der Waals surface area contributed by atoms with E-state index in [1.165, 1.54) is 17.6 Å². The van der Waals surface area contributed by atoms with Crippen molar-refractivity contribution < 1.29 is 13.5 Å². The molecule has 0 aliphatic carbocycles. The molecule has 2 rings (SSSR count). The molecule has 0 spiro atoms. The molecule has 6 nitrogen and oxygen atoms in total. The van der Waals surface area contributed by atoms with E-state index >= 15 is 0 Å². The summed E-state index contributed by atoms with van der Waals surface area (Å²) >= 11 is 7.24. The van der Waals surface area contributed by atoms with Crippen molar-refractivity contribution in [3.63, 3.8) is 0 Å². The van der Waals surface area contributed by atoms with Crippen LogP contribution in [0.5, 0.6) is 0 Å². The second-order valence-electron chi connectivity index (χ2n) is 6.11. The van der Waals surface area contributed by atoms with Crippen LogP contribution in [-0.2, 0) is 16.4 Å². The predicted octanol–water partition coefficient (Wildman–Crippen LogP) is 2.90. The number of aliphatic hydroxyl groups excluding tert-OH is 1. The predicted molar refractivity (Wildman–Crippen MR) is 111 cm³/mol. The number of nitrogens with one attached hydrogen (secondary N) is 2. The van der Waals surface area contributed by atoms with Crippen molar-refractivity contribution in [2.45, 2.75) is 31.4 Å². The quantitative estimate of drug-likeness (QED) is 0.465. The minimum Gasteiger partial charge on any atom is -0.386 e. The van der Waals surface area contributed by atoms with Crippen molar-refractivity contribution in [3.8, 4) is 0 Å². The van der Waals surface area contributed by atoms with E-state index in [0.29, 0.717) is 40.4 Å². The van der Waals surface area contributed by atoms with E-state index < -0.39 is 15.9 Å². The normalized spacial score (nSPS) is 13.4. The van der Waals surface area contributed by atoms with E-state index in [1.807, 2.05) is 13.0 Å². The zero-order valence-corrected chi connectivity index (χ0v) is 17.9. The minimum absolute atomic E-state index is 0.300. The van der Waals surface area contributed by atoms with Gasteiger partial charge in [-0.1, -0.05) is 23.7 Å². The number of sulfone groups is 1. The van der Waals surface area contributed by atoms with Gasteiger partial charge in [-0.05, 0) is 43.2 Å². The Morgan fingerprint density at radius 3 is 2.59 bits per heavy atom. The third kappa shape index (κ3) is 6.49. The maximum absolute atomic E-state index is 11.7. The van der Waals surface area contributed by atoms with Crippen LogP contribution in [0.4, 0.5) is 0 Å². The summed E-state index contributed by atoms with van der Waals surface area (Å²) in [6.07, 6.45) is 0.523. The van der Waals surface area contributed by atoms with Crippen LogP contribution in [0.25, 0.3) is 0 Å². The van der Waals surface area contributed by atoms with Gasteiger partial charge in [0.15, 0.2) is 15.8 Å². The molecule has 0 saturated carbocycles. The second kappa shape index (κ2) is 9.54. The van der Waals surface area contributed by atoms with Gasteiger partial charge in [-0.25, -0.2) is 13.4 Å². The Labute approximate surface area is 169 Å². The van der Waals surface area contributed by atoms with Gasteiger partial charge in [0.25, 0.3) is 0 Å². The van der Waals surface area contributed by atoms with Gasteiger partial charge in [0, 0.05) is 24.2 Å². The first-order valence-electron chi connectivity index (χ1n) is 8.45. The van der Waals surface area contributed by atoms with E-state index in [9.17, 15) is 13.5 Å². The Morgan fingerprint density at radius 2 is 2.04 bits per heavy atom. The first kappa shape index (κ1) is 21.7. The highest BCUT2D eigenvalue weighted by Crippen LogP contribution is 2.26. The molecule has 0 bridgehead atoms. The molecule has 1 aromatic heterocycles. The first-order chi connectivity index (χ1) is 12.7. The van der Waals surface area contributed by atoms with Gasteiger partial charge in [-0.3, -0.25) is 0 Å². The molecule has 27 heavy (non-hydrogen) atoms. The monoisotopic (exact) mass is 429 g/mol. The molecule has 1 heterocycles. The van der Waals surface area contributed by atoms with Crippen molar-refractivity contribution in [1.29, 1.82) is 0 Å². The highest BCUT2D eigenvalue weighted by Gasteiger charge is 2.12. The summed E-state index contributed by atoms with van der Waals surface area (Å²) in [4.78, 5) is 5.62. The highest BCUT2D eigenvalue weighted by molar-refractivity contribution is 7.90.